The molecule has 0 amide bonds. The first-order chi connectivity index (χ1) is 1.91. The Hall–Kier alpha value is 1.10. The molecular formula is C4H9Y+2. The second-order valence-corrected chi connectivity index (χ2v) is 0.854. The fraction of sp³-hybridized carbons (Fsp3) is 0.750. The Morgan fingerprint density at radius 2 is 1.80 bits per heavy atom. The van der Waals surface area contributed by atoms with E-state index in [9.17, 15) is 0 Å². The van der Waals surface area contributed by atoms with E-state index in [2.05, 4.69) is 13.8 Å². The summed E-state index contributed by atoms with van der Waals surface area (Å²) in [7, 11) is 0. The van der Waals surface area contributed by atoms with E-state index in [4.69, 9.17) is 0 Å². The maximum atomic E-state index is 3.60. The average molecular weight is 146 g/mol. The first-order valence-corrected chi connectivity index (χ1v) is 1.71. The van der Waals surface area contributed by atoms with Gasteiger partial charge in [-0.3, -0.25) is 0 Å². The molecule has 0 aliphatic rings. The van der Waals surface area contributed by atoms with E-state index in [1.807, 2.05) is 0 Å². The molecule has 0 heterocycles. The van der Waals surface area contributed by atoms with Crippen LogP contribution in [0.4, 0.5) is 0 Å². The first-order valence-electron chi connectivity index (χ1n) is 1.71. The fourth-order valence-corrected chi connectivity index (χ4v) is 0. The molecule has 0 aromatic heterocycles. The summed E-state index contributed by atoms with van der Waals surface area (Å²) in [6.45, 7) is 5.72. The topological polar surface area (TPSA) is 0 Å². The van der Waals surface area contributed by atoms with Crippen LogP contribution >= 0.6 is 0 Å². The molecule has 0 spiro atoms. The normalized spacial score (nSPS) is 6.00. The van der Waals surface area contributed by atoms with Crippen molar-refractivity contribution in [1.29, 1.82) is 0 Å². The zero-order valence-electron chi connectivity index (χ0n) is 3.70. The Bertz CT molecular complexity index is 5.61. The van der Waals surface area contributed by atoms with Crippen molar-refractivity contribution in [3.05, 3.63) is 6.92 Å². The van der Waals surface area contributed by atoms with Gasteiger partial charge in [0.15, 0.2) is 0 Å². The van der Waals surface area contributed by atoms with Crippen molar-refractivity contribution in [2.45, 2.75) is 19.8 Å². The fourth-order valence-electron chi connectivity index (χ4n) is 0. The molecule has 26 valence electrons. The summed E-state index contributed by atoms with van der Waals surface area (Å²) in [5.74, 6) is 0. The van der Waals surface area contributed by atoms with E-state index < -0.39 is 0 Å². The Morgan fingerprint density at radius 1 is 1.60 bits per heavy atom. The summed E-state index contributed by atoms with van der Waals surface area (Å²) in [5, 5.41) is 0. The number of rotatable bonds is 1. The van der Waals surface area contributed by atoms with Gasteiger partial charge in [-0.15, -0.1) is 0 Å². The van der Waals surface area contributed by atoms with Crippen LogP contribution in [0.2, 0.25) is 0 Å². The molecule has 5 heavy (non-hydrogen) atoms. The maximum absolute atomic E-state index is 3.60. The first kappa shape index (κ1) is 9.44. The predicted molar refractivity (Wildman–Crippen MR) is 20.3 cm³/mol. The summed E-state index contributed by atoms with van der Waals surface area (Å²) in [6.07, 6.45) is 2.28. The molecule has 0 radical (unpaired) electrons. The van der Waals surface area contributed by atoms with Crippen LogP contribution in [0.15, 0.2) is 0 Å². The Balaban J connectivity index is 0. The van der Waals surface area contributed by atoms with Gasteiger partial charge in [0.05, 0.1) is 0 Å². The van der Waals surface area contributed by atoms with Crippen LogP contribution in [0, 0.1) is 6.92 Å². The molecule has 0 unspecified atom stereocenters. The van der Waals surface area contributed by atoms with Crippen LogP contribution < -0.4 is 0 Å². The van der Waals surface area contributed by atoms with Crippen LogP contribution in [0.25, 0.3) is 0 Å². The van der Waals surface area contributed by atoms with Crippen LogP contribution in [0.3, 0.4) is 0 Å². The minimum atomic E-state index is 0. The molecule has 0 rings (SSSR count). The quantitative estimate of drug-likeness (QED) is 0.493. The van der Waals surface area contributed by atoms with Gasteiger partial charge in [-0.2, -0.15) is 6.42 Å². The molecule has 0 aliphatic heterocycles. The summed E-state index contributed by atoms with van der Waals surface area (Å²) < 4.78 is 0. The van der Waals surface area contributed by atoms with Gasteiger partial charge in [-0.1, -0.05) is 13.3 Å². The summed E-state index contributed by atoms with van der Waals surface area (Å²) in [6, 6.07) is 0. The molecule has 0 atom stereocenters. The van der Waals surface area contributed by atoms with Gasteiger partial charge in [0, 0.05) is 0 Å². The van der Waals surface area contributed by atoms with Gasteiger partial charge < -0.3 is 6.92 Å². The van der Waals surface area contributed by atoms with Crippen LogP contribution in [-0.4, -0.2) is 0 Å². The van der Waals surface area contributed by atoms with Crippen molar-refractivity contribution >= 4 is 0 Å². The molecule has 0 nitrogen and oxygen atoms in total. The zero-order chi connectivity index (χ0) is 3.41. The van der Waals surface area contributed by atoms with Crippen molar-refractivity contribution in [2.75, 3.05) is 0 Å². The molecule has 0 aliphatic carbocycles. The van der Waals surface area contributed by atoms with E-state index >= 15 is 0 Å². The molecular weight excluding hydrogens is 137 g/mol. The molecule has 0 aromatic carbocycles. The number of hydrogen-bond donors (Lipinski definition) is 0. The van der Waals surface area contributed by atoms with E-state index in [0.717, 1.165) is 6.42 Å². The van der Waals surface area contributed by atoms with Crippen molar-refractivity contribution in [2.24, 2.45) is 0 Å². The SMILES string of the molecule is [CH2-]CCC.[Y+3]. The minimum Gasteiger partial charge on any atom is -0.343 e. The predicted octanol–water partition coefficient (Wildman–Crippen LogP) is 1.62. The third-order valence-corrected chi connectivity index (χ3v) is 0.354. The van der Waals surface area contributed by atoms with Crippen molar-refractivity contribution in [3.8, 4) is 0 Å². The van der Waals surface area contributed by atoms with Crippen LogP contribution in [-0.2, 0) is 32.7 Å². The van der Waals surface area contributed by atoms with Gasteiger partial charge in [0.2, 0.25) is 0 Å². The molecule has 1 heteroatoms. The molecule has 0 saturated heterocycles. The van der Waals surface area contributed by atoms with Crippen molar-refractivity contribution in [3.63, 3.8) is 0 Å². The molecule has 0 N–H and O–H groups in total. The van der Waals surface area contributed by atoms with Gasteiger partial charge >= 0.3 is 32.7 Å². The van der Waals surface area contributed by atoms with E-state index in [0.29, 0.717) is 0 Å². The van der Waals surface area contributed by atoms with Crippen molar-refractivity contribution < 1.29 is 32.7 Å². The van der Waals surface area contributed by atoms with Gasteiger partial charge in [-0.05, 0) is 0 Å². The molecule has 0 bridgehead atoms. The summed E-state index contributed by atoms with van der Waals surface area (Å²) >= 11 is 0. The maximum Gasteiger partial charge on any atom is 3.00 e. The second-order valence-electron chi connectivity index (χ2n) is 0.854. The molecule has 0 fully saturated rings. The summed E-state index contributed by atoms with van der Waals surface area (Å²) in [4.78, 5) is 0. The minimum absolute atomic E-state index is 0. The Morgan fingerprint density at radius 3 is 1.80 bits per heavy atom. The average Bonchev–Trinajstić information content (AvgIpc) is 1.37. The largest absolute Gasteiger partial charge is 3.00 e. The van der Waals surface area contributed by atoms with E-state index in [1.54, 1.807) is 0 Å². The Labute approximate surface area is 59.2 Å². The van der Waals surface area contributed by atoms with Crippen LogP contribution in [0.1, 0.15) is 19.8 Å². The number of hydrogen-bond acceptors (Lipinski definition) is 0. The third-order valence-electron chi connectivity index (χ3n) is 0.354. The second kappa shape index (κ2) is 8.92. The van der Waals surface area contributed by atoms with Crippen molar-refractivity contribution in [1.82, 2.24) is 0 Å². The van der Waals surface area contributed by atoms with Gasteiger partial charge in [0.25, 0.3) is 0 Å². The number of unbranched alkanes of at least 4 members (excludes halogenated alkanes) is 1. The van der Waals surface area contributed by atoms with Gasteiger partial charge in [0.1, 0.15) is 0 Å². The van der Waals surface area contributed by atoms with Crippen LogP contribution in [0.5, 0.6) is 0 Å². The summed E-state index contributed by atoms with van der Waals surface area (Å²) in [5.41, 5.74) is 0. The smallest absolute Gasteiger partial charge is 0.343 e. The van der Waals surface area contributed by atoms with E-state index in [-0.39, 0.29) is 32.7 Å². The zero-order valence-corrected chi connectivity index (χ0v) is 6.54. The molecule has 0 aromatic rings. The molecule has 0 saturated carbocycles. The monoisotopic (exact) mass is 146 g/mol. The standard InChI is InChI=1S/C4H9.Y/c1-3-4-2;/h1,3-4H2,2H3;/q-1;+3. The van der Waals surface area contributed by atoms with Gasteiger partial charge in [-0.25, -0.2) is 0 Å². The Kier molecular flexibility index (Phi) is 16.8. The van der Waals surface area contributed by atoms with E-state index in [1.165, 1.54) is 6.42 Å². The third kappa shape index (κ3) is 11.1.